The van der Waals surface area contributed by atoms with E-state index < -0.39 is 0 Å². The molecule has 3 heterocycles. The van der Waals surface area contributed by atoms with Gasteiger partial charge in [-0.2, -0.15) is 0 Å². The van der Waals surface area contributed by atoms with Gasteiger partial charge in [-0.3, -0.25) is 4.98 Å². The molecule has 4 nitrogen and oxygen atoms in total. The van der Waals surface area contributed by atoms with Crippen molar-refractivity contribution in [3.63, 3.8) is 0 Å². The van der Waals surface area contributed by atoms with Crippen LogP contribution >= 0.6 is 28.1 Å². The number of hydrogen-bond acceptors (Lipinski definition) is 2. The normalized spacial score (nSPS) is 17.9. The molecule has 33 heavy (non-hydrogen) atoms. The first-order valence-electron chi connectivity index (χ1n) is 11.0. The molecule has 6 heteroatoms. The first-order chi connectivity index (χ1) is 15.9. The van der Waals surface area contributed by atoms with Gasteiger partial charge in [0.05, 0.1) is 17.8 Å². The number of benzene rings is 2. The van der Waals surface area contributed by atoms with Crippen molar-refractivity contribution in [3.05, 3.63) is 112 Å². The predicted molar refractivity (Wildman–Crippen MR) is 142 cm³/mol. The van der Waals surface area contributed by atoms with Crippen molar-refractivity contribution in [2.24, 2.45) is 0 Å². The van der Waals surface area contributed by atoms with Gasteiger partial charge in [-0.1, -0.05) is 45.8 Å². The van der Waals surface area contributed by atoms with Crippen LogP contribution in [0.1, 0.15) is 40.3 Å². The van der Waals surface area contributed by atoms with Gasteiger partial charge in [0.2, 0.25) is 0 Å². The zero-order valence-electron chi connectivity index (χ0n) is 18.8. The Hall–Kier alpha value is -2.96. The highest BCUT2D eigenvalue weighted by atomic mass is 79.9. The fraction of sp³-hybridized carbons (Fsp3) is 0.185. The van der Waals surface area contributed by atoms with Crippen LogP contribution in [0, 0.1) is 20.8 Å². The van der Waals surface area contributed by atoms with Gasteiger partial charge in [0.15, 0.2) is 5.11 Å². The van der Waals surface area contributed by atoms with E-state index in [2.05, 4.69) is 111 Å². The molecule has 2 aromatic carbocycles. The predicted octanol–water partition coefficient (Wildman–Crippen LogP) is 6.74. The molecule has 1 aliphatic heterocycles. The third-order valence-corrected chi connectivity index (χ3v) is 7.07. The molecule has 1 N–H and O–H groups in total. The third kappa shape index (κ3) is 3.98. The number of pyridine rings is 1. The van der Waals surface area contributed by atoms with E-state index in [-0.39, 0.29) is 12.1 Å². The second kappa shape index (κ2) is 8.76. The van der Waals surface area contributed by atoms with Crippen LogP contribution in [0.4, 0.5) is 5.69 Å². The van der Waals surface area contributed by atoms with Crippen LogP contribution in [0.25, 0.3) is 5.69 Å². The summed E-state index contributed by atoms with van der Waals surface area (Å²) in [6.07, 6.45) is 1.84. The number of nitrogens with one attached hydrogen (secondary N) is 1. The highest BCUT2D eigenvalue weighted by Gasteiger charge is 2.42. The summed E-state index contributed by atoms with van der Waals surface area (Å²) in [5.41, 5.74) is 8.02. The van der Waals surface area contributed by atoms with Crippen LogP contribution in [0.2, 0.25) is 0 Å². The zero-order valence-corrected chi connectivity index (χ0v) is 21.2. The van der Waals surface area contributed by atoms with Crippen molar-refractivity contribution in [3.8, 4) is 5.69 Å². The van der Waals surface area contributed by atoms with E-state index in [1.54, 1.807) is 0 Å². The van der Waals surface area contributed by atoms with E-state index in [1.807, 2.05) is 24.4 Å². The summed E-state index contributed by atoms with van der Waals surface area (Å²) in [5.74, 6) is 0. The summed E-state index contributed by atoms with van der Waals surface area (Å²) in [6, 6.07) is 25.2. The van der Waals surface area contributed by atoms with Crippen LogP contribution in [-0.2, 0) is 0 Å². The molecule has 1 fully saturated rings. The van der Waals surface area contributed by atoms with Gasteiger partial charge in [0.1, 0.15) is 0 Å². The molecule has 0 radical (unpaired) electrons. The van der Waals surface area contributed by atoms with Crippen LogP contribution in [-0.4, -0.2) is 14.7 Å². The number of aryl methyl sites for hydroxylation is 2. The largest absolute Gasteiger partial charge is 0.351 e. The number of rotatable bonds is 4. The van der Waals surface area contributed by atoms with E-state index in [0.29, 0.717) is 5.11 Å². The lowest BCUT2D eigenvalue weighted by Gasteiger charge is -2.28. The summed E-state index contributed by atoms with van der Waals surface area (Å²) < 4.78 is 3.37. The van der Waals surface area contributed by atoms with Crippen LogP contribution in [0.5, 0.6) is 0 Å². The van der Waals surface area contributed by atoms with Crippen molar-refractivity contribution in [2.45, 2.75) is 32.9 Å². The fourth-order valence-electron chi connectivity index (χ4n) is 4.75. The molecule has 2 aromatic heterocycles. The van der Waals surface area contributed by atoms with Crippen LogP contribution < -0.4 is 10.2 Å². The van der Waals surface area contributed by atoms with Gasteiger partial charge in [-0.05, 0) is 87.1 Å². The smallest absolute Gasteiger partial charge is 0.174 e. The number of nitrogens with zero attached hydrogens (tertiary/aromatic N) is 3. The molecule has 0 amide bonds. The molecule has 0 aliphatic carbocycles. The second-order valence-corrected chi connectivity index (χ2v) is 9.78. The summed E-state index contributed by atoms with van der Waals surface area (Å²) in [6.45, 7) is 6.45. The second-order valence-electron chi connectivity index (χ2n) is 8.47. The Kier molecular flexibility index (Phi) is 5.81. The Balaban J connectivity index is 1.68. The van der Waals surface area contributed by atoms with Crippen molar-refractivity contribution >= 4 is 38.9 Å². The Morgan fingerprint density at radius 3 is 2.39 bits per heavy atom. The van der Waals surface area contributed by atoms with Crippen LogP contribution in [0.3, 0.4) is 0 Å². The Morgan fingerprint density at radius 1 is 0.909 bits per heavy atom. The molecular formula is C27H25BrN4S. The fourth-order valence-corrected chi connectivity index (χ4v) is 5.49. The lowest BCUT2D eigenvalue weighted by Crippen LogP contribution is -2.29. The van der Waals surface area contributed by atoms with E-state index in [0.717, 1.165) is 21.5 Å². The van der Waals surface area contributed by atoms with E-state index >= 15 is 0 Å². The van der Waals surface area contributed by atoms with E-state index in [4.69, 9.17) is 12.2 Å². The van der Waals surface area contributed by atoms with Crippen molar-refractivity contribution in [2.75, 3.05) is 4.90 Å². The summed E-state index contributed by atoms with van der Waals surface area (Å²) >= 11 is 9.50. The van der Waals surface area contributed by atoms with Gasteiger partial charge in [-0.25, -0.2) is 0 Å². The molecule has 0 saturated carbocycles. The lowest BCUT2D eigenvalue weighted by atomic mass is 9.96. The first-order valence-corrected chi connectivity index (χ1v) is 12.2. The maximum atomic E-state index is 5.88. The van der Waals surface area contributed by atoms with Crippen LogP contribution in [0.15, 0.2) is 83.5 Å². The van der Waals surface area contributed by atoms with Gasteiger partial charge in [0.25, 0.3) is 0 Å². The minimum Gasteiger partial charge on any atom is -0.351 e. The summed E-state index contributed by atoms with van der Waals surface area (Å²) in [7, 11) is 0. The topological polar surface area (TPSA) is 33.1 Å². The maximum absolute atomic E-state index is 5.88. The summed E-state index contributed by atoms with van der Waals surface area (Å²) in [5, 5.41) is 4.28. The molecule has 166 valence electrons. The molecule has 0 spiro atoms. The Bertz CT molecular complexity index is 1310. The minimum atomic E-state index is -0.0588. The van der Waals surface area contributed by atoms with E-state index in [9.17, 15) is 0 Å². The Labute approximate surface area is 208 Å². The van der Waals surface area contributed by atoms with Gasteiger partial charge >= 0.3 is 0 Å². The highest BCUT2D eigenvalue weighted by molar-refractivity contribution is 9.10. The van der Waals surface area contributed by atoms with Crippen molar-refractivity contribution < 1.29 is 0 Å². The molecule has 0 bridgehead atoms. The van der Waals surface area contributed by atoms with Gasteiger partial charge in [0, 0.05) is 33.4 Å². The first kappa shape index (κ1) is 21.9. The summed E-state index contributed by atoms with van der Waals surface area (Å²) in [4.78, 5) is 6.92. The molecule has 1 aliphatic rings. The maximum Gasteiger partial charge on any atom is 0.174 e. The van der Waals surface area contributed by atoms with E-state index in [1.165, 1.54) is 22.5 Å². The molecule has 1 saturated heterocycles. The lowest BCUT2D eigenvalue weighted by molar-refractivity contribution is 0.565. The zero-order chi connectivity index (χ0) is 23.1. The van der Waals surface area contributed by atoms with Crippen molar-refractivity contribution in [1.29, 1.82) is 0 Å². The average Bonchev–Trinajstić information content (AvgIpc) is 3.30. The number of anilines is 1. The van der Waals surface area contributed by atoms with Crippen molar-refractivity contribution in [1.82, 2.24) is 14.9 Å². The Morgan fingerprint density at radius 2 is 1.70 bits per heavy atom. The molecule has 4 aromatic rings. The molecule has 5 rings (SSSR count). The monoisotopic (exact) mass is 516 g/mol. The third-order valence-electron chi connectivity index (χ3n) is 6.27. The van der Waals surface area contributed by atoms with Gasteiger partial charge in [-0.15, -0.1) is 0 Å². The number of hydrogen-bond donors (Lipinski definition) is 1. The standard InChI is InChI=1S/C27H25BrN4S/c1-17-10-12-21(13-11-17)32-26(25(30-27(32)33)24-9-4-5-14-29-24)23-15-18(2)31(19(23)3)22-8-6-7-20(28)16-22/h4-16,25-26H,1-3H3,(H,30,33). The number of aromatic nitrogens is 2. The van der Waals surface area contributed by atoms with Gasteiger partial charge < -0.3 is 14.8 Å². The number of thiocarbonyl (C=S) groups is 1. The number of halogens is 1. The SMILES string of the molecule is Cc1ccc(N2C(=S)NC(c3ccccn3)C2c2cc(C)n(-c3cccc(Br)c3)c2C)cc1. The molecule has 2 unspecified atom stereocenters. The average molecular weight is 517 g/mol. The molecule has 2 atom stereocenters. The quantitative estimate of drug-likeness (QED) is 0.304. The molecular weight excluding hydrogens is 492 g/mol. The minimum absolute atomic E-state index is 0.0257. The highest BCUT2D eigenvalue weighted by Crippen LogP contribution is 2.43.